The Bertz CT molecular complexity index is 3740. The van der Waals surface area contributed by atoms with Gasteiger partial charge in [0.15, 0.2) is 0 Å². The number of hydrogen-bond acceptors (Lipinski definition) is 2. The number of rotatable bonds is 6. The lowest BCUT2D eigenvalue weighted by Gasteiger charge is -2.45. The highest BCUT2D eigenvalue weighted by Crippen LogP contribution is 2.62. The van der Waals surface area contributed by atoms with Crippen molar-refractivity contribution in [3.8, 4) is 22.9 Å². The molecule has 11 aromatic rings. The van der Waals surface area contributed by atoms with Crippen LogP contribution in [-0.2, 0) is 11.8 Å². The van der Waals surface area contributed by atoms with E-state index >= 15 is 0 Å². The maximum Gasteiger partial charge on any atom is 0.142 e. The molecule has 0 fully saturated rings. The first-order chi connectivity index (χ1) is 31.7. The summed E-state index contributed by atoms with van der Waals surface area (Å²) in [5, 5.41) is 4.70. The first-order valence-electron chi connectivity index (χ1n) is 21.9. The van der Waals surface area contributed by atoms with Crippen LogP contribution in [0.4, 0.5) is 0 Å². The molecule has 0 saturated heterocycles. The Morgan fingerprint density at radius 1 is 0.516 bits per heavy atom. The number of benzene rings is 9. The van der Waals surface area contributed by atoms with Gasteiger partial charge >= 0.3 is 0 Å². The van der Waals surface area contributed by atoms with E-state index in [1.54, 1.807) is 0 Å². The van der Waals surface area contributed by atoms with Crippen molar-refractivity contribution in [1.29, 1.82) is 0 Å². The van der Waals surface area contributed by atoms with E-state index in [9.17, 15) is 0 Å². The van der Waals surface area contributed by atoms with Crippen LogP contribution >= 0.6 is 0 Å². The first kappa shape index (κ1) is 36.3. The zero-order valence-corrected chi connectivity index (χ0v) is 34.8. The van der Waals surface area contributed by atoms with E-state index in [-0.39, 0.29) is 0 Å². The Morgan fingerprint density at radius 3 is 2.00 bits per heavy atom. The van der Waals surface area contributed by atoms with Gasteiger partial charge in [0.1, 0.15) is 17.3 Å². The molecule has 302 valence electrons. The molecule has 0 radical (unpaired) electrons. The van der Waals surface area contributed by atoms with Crippen molar-refractivity contribution in [3.63, 3.8) is 0 Å². The summed E-state index contributed by atoms with van der Waals surface area (Å²) in [5.74, 6) is 2.21. The van der Waals surface area contributed by atoms with Crippen molar-refractivity contribution in [2.45, 2.75) is 11.8 Å². The molecule has 1 unspecified atom stereocenters. The van der Waals surface area contributed by atoms with Crippen molar-refractivity contribution in [1.82, 2.24) is 9.13 Å². The van der Waals surface area contributed by atoms with Gasteiger partial charge in [0.05, 0.1) is 44.3 Å². The van der Waals surface area contributed by atoms with Gasteiger partial charge in [-0.3, -0.25) is 0 Å². The summed E-state index contributed by atoms with van der Waals surface area (Å²) in [6.07, 6.45) is 2.89. The number of hydrogen-bond donors (Lipinski definition) is 1. The fourth-order valence-corrected chi connectivity index (χ4v) is 10.8. The second kappa shape index (κ2) is 14.1. The number of nitrogens with zero attached hydrogens (tertiary/aromatic N) is 3. The first-order valence-corrected chi connectivity index (χ1v) is 21.9. The fourth-order valence-electron chi connectivity index (χ4n) is 10.8. The summed E-state index contributed by atoms with van der Waals surface area (Å²) in [7, 11) is 0. The third kappa shape index (κ3) is 5.15. The van der Waals surface area contributed by atoms with Crippen LogP contribution in [0, 0.1) is 0 Å². The Labute approximate surface area is 370 Å². The molecule has 64 heavy (non-hydrogen) atoms. The van der Waals surface area contributed by atoms with Gasteiger partial charge in [-0.25, -0.2) is 4.99 Å². The summed E-state index contributed by atoms with van der Waals surface area (Å²) >= 11 is 0. The van der Waals surface area contributed by atoms with Gasteiger partial charge in [0.25, 0.3) is 0 Å². The summed E-state index contributed by atoms with van der Waals surface area (Å²) in [5.41, 5.74) is 21.5. The minimum absolute atomic E-state index is 0.473. The second-order valence-electron chi connectivity index (χ2n) is 16.8. The summed E-state index contributed by atoms with van der Waals surface area (Å²) < 4.78 is 12.1. The molecule has 1 spiro atoms. The lowest BCUT2D eigenvalue weighted by molar-refractivity contribution is 0.439. The summed E-state index contributed by atoms with van der Waals surface area (Å²) in [6.45, 7) is 0. The summed E-state index contributed by atoms with van der Waals surface area (Å²) in [6, 6.07) is 75.7. The molecule has 2 aromatic heterocycles. The number of amidine groups is 1. The predicted molar refractivity (Wildman–Crippen MR) is 262 cm³/mol. The fraction of sp³-hybridized carbons (Fsp3) is 0.0339. The van der Waals surface area contributed by atoms with E-state index in [0.29, 0.717) is 12.3 Å². The lowest BCUT2D eigenvalue weighted by atomic mass is 9.61. The third-order valence-corrected chi connectivity index (χ3v) is 13.4. The van der Waals surface area contributed by atoms with Gasteiger partial charge < -0.3 is 19.6 Å². The smallest absolute Gasteiger partial charge is 0.142 e. The zero-order chi connectivity index (χ0) is 42.4. The molecule has 5 heteroatoms. The highest BCUT2D eigenvalue weighted by Gasteiger charge is 2.50. The Morgan fingerprint density at radius 2 is 1.16 bits per heavy atom. The highest BCUT2D eigenvalue weighted by molar-refractivity contribution is 6.15. The van der Waals surface area contributed by atoms with Crippen LogP contribution in [-0.4, -0.2) is 15.0 Å². The molecular weight excluding hydrogens is 781 g/mol. The molecule has 0 aliphatic carbocycles. The van der Waals surface area contributed by atoms with Crippen molar-refractivity contribution in [3.05, 3.63) is 257 Å². The molecule has 0 saturated carbocycles. The molecule has 4 heterocycles. The Kier molecular flexibility index (Phi) is 7.97. The van der Waals surface area contributed by atoms with Gasteiger partial charge in [-0.15, -0.1) is 0 Å². The van der Waals surface area contributed by atoms with Crippen molar-refractivity contribution in [2.75, 3.05) is 0 Å². The molecular formula is C59H40N4O. The van der Waals surface area contributed by atoms with Gasteiger partial charge in [-0.1, -0.05) is 176 Å². The van der Waals surface area contributed by atoms with E-state index in [1.165, 1.54) is 44.2 Å². The normalized spacial score (nSPS) is 15.4. The molecule has 2 aliphatic rings. The van der Waals surface area contributed by atoms with Gasteiger partial charge in [-0.05, 0) is 65.6 Å². The monoisotopic (exact) mass is 820 g/mol. The van der Waals surface area contributed by atoms with Gasteiger partial charge in [-0.2, -0.15) is 0 Å². The van der Waals surface area contributed by atoms with E-state index in [1.807, 2.05) is 36.4 Å². The third-order valence-electron chi connectivity index (χ3n) is 13.4. The molecule has 13 rings (SSSR count). The number of nitrogens with two attached hydrogens (primary N) is 1. The van der Waals surface area contributed by atoms with E-state index in [2.05, 4.69) is 191 Å². The number of ether oxygens (including phenoxy) is 1. The largest absolute Gasteiger partial charge is 0.456 e. The number of para-hydroxylation sites is 5. The Balaban J connectivity index is 1.06. The van der Waals surface area contributed by atoms with Crippen LogP contribution in [0.1, 0.15) is 38.9 Å². The van der Waals surface area contributed by atoms with E-state index in [0.717, 1.165) is 66.9 Å². The number of aromatic nitrogens is 2. The van der Waals surface area contributed by atoms with Crippen LogP contribution in [0.3, 0.4) is 0 Å². The van der Waals surface area contributed by atoms with Crippen LogP contribution in [0.15, 0.2) is 223 Å². The van der Waals surface area contributed by atoms with Crippen LogP contribution in [0.2, 0.25) is 0 Å². The van der Waals surface area contributed by atoms with Gasteiger partial charge in [0, 0.05) is 44.1 Å². The van der Waals surface area contributed by atoms with E-state index in [4.69, 9.17) is 15.5 Å². The number of allylic oxidation sites excluding steroid dienone is 1. The van der Waals surface area contributed by atoms with Crippen molar-refractivity contribution in [2.24, 2.45) is 10.7 Å². The predicted octanol–water partition coefficient (Wildman–Crippen LogP) is 13.7. The molecule has 0 bridgehead atoms. The number of fused-ring (bicyclic) bond motifs is 15. The average molecular weight is 821 g/mol. The second-order valence-corrected chi connectivity index (χ2v) is 16.8. The molecule has 2 aliphatic heterocycles. The number of aliphatic imine (C=N–C) groups is 1. The standard InChI is InChI=1S/C59H40N4O/c60-58(39-19-5-2-6-20-39)61-49(35-33-38-17-3-1-4-18-38)40-21-15-22-41(37-40)62-51-30-12-8-24-44(51)55-53(62)36-34-48-57(55)64-54-32-14-10-27-46(54)59(48)45-26-9-13-31-52(45)63-50-29-11-7-23-42(50)43-25-16-28-47(59)56(43)63/h1-32,34-37H,33H2,(H2,60,61)/b49-35-. The van der Waals surface area contributed by atoms with Crippen LogP contribution in [0.25, 0.3) is 60.7 Å². The SMILES string of the molecule is NC(=N/C(=C\Cc1ccccc1)c1cccc(-n2c3ccccc3c3c4c(ccc32)C2(c3ccccc3O4)c3ccccc3-n3c4ccccc4c4cccc2c43)c1)c1ccccc1. The Hall–Kier alpha value is -8.41. The molecule has 1 atom stereocenters. The maximum absolute atomic E-state index is 7.29. The zero-order valence-electron chi connectivity index (χ0n) is 34.8. The molecule has 0 amide bonds. The lowest BCUT2D eigenvalue weighted by Crippen LogP contribution is -2.37. The maximum atomic E-state index is 7.29. The summed E-state index contributed by atoms with van der Waals surface area (Å²) in [4.78, 5) is 5.10. The molecule has 5 nitrogen and oxygen atoms in total. The van der Waals surface area contributed by atoms with Crippen molar-refractivity contribution >= 4 is 55.1 Å². The minimum Gasteiger partial charge on any atom is -0.456 e. The van der Waals surface area contributed by atoms with Gasteiger partial charge in [0.2, 0.25) is 0 Å². The molecule has 9 aromatic carbocycles. The van der Waals surface area contributed by atoms with E-state index < -0.39 is 5.41 Å². The molecule has 2 N–H and O–H groups in total. The average Bonchev–Trinajstić information content (AvgIpc) is 3.89. The topological polar surface area (TPSA) is 57.5 Å². The van der Waals surface area contributed by atoms with Crippen LogP contribution < -0.4 is 10.5 Å². The highest BCUT2D eigenvalue weighted by atomic mass is 16.5. The van der Waals surface area contributed by atoms with Crippen LogP contribution in [0.5, 0.6) is 11.5 Å². The van der Waals surface area contributed by atoms with Crippen molar-refractivity contribution < 1.29 is 4.74 Å². The quantitative estimate of drug-likeness (QED) is 0.134. The minimum atomic E-state index is -0.670.